The van der Waals surface area contributed by atoms with Crippen LogP contribution in [0.25, 0.3) is 0 Å². The van der Waals surface area contributed by atoms with Crippen LogP contribution in [0, 0.1) is 0 Å². The van der Waals surface area contributed by atoms with Crippen molar-refractivity contribution < 1.29 is 22.8 Å². The van der Waals surface area contributed by atoms with Gasteiger partial charge in [-0.25, -0.2) is 0 Å². The number of hydrogen-bond donors (Lipinski definition) is 1. The molecule has 1 aromatic carbocycles. The summed E-state index contributed by atoms with van der Waals surface area (Å²) in [6.07, 6.45) is -4.34. The molecule has 0 bridgehead atoms. The summed E-state index contributed by atoms with van der Waals surface area (Å²) in [6.45, 7) is 7.26. The van der Waals surface area contributed by atoms with Gasteiger partial charge in [-0.15, -0.1) is 0 Å². The predicted molar refractivity (Wildman–Crippen MR) is 81.8 cm³/mol. The van der Waals surface area contributed by atoms with Crippen LogP contribution >= 0.6 is 0 Å². The van der Waals surface area contributed by atoms with Crippen LogP contribution < -0.4 is 5.32 Å². The fourth-order valence-corrected chi connectivity index (χ4v) is 2.14. The van der Waals surface area contributed by atoms with E-state index in [1.807, 2.05) is 20.8 Å². The van der Waals surface area contributed by atoms with Crippen molar-refractivity contribution in [1.82, 2.24) is 4.90 Å². The van der Waals surface area contributed by atoms with Gasteiger partial charge in [0.25, 0.3) is 0 Å². The molecule has 0 atom stereocenters. The summed E-state index contributed by atoms with van der Waals surface area (Å²) < 4.78 is 37.4. The molecule has 23 heavy (non-hydrogen) atoms. The summed E-state index contributed by atoms with van der Waals surface area (Å²) in [6, 6.07) is 4.22. The molecule has 0 aromatic heterocycles. The number of anilines is 1. The van der Waals surface area contributed by atoms with Gasteiger partial charge < -0.3 is 10.2 Å². The lowest BCUT2D eigenvalue weighted by Crippen LogP contribution is -2.45. The minimum atomic E-state index is -4.41. The molecule has 1 rings (SSSR count). The van der Waals surface area contributed by atoms with Crippen molar-refractivity contribution in [3.8, 4) is 0 Å². The van der Waals surface area contributed by atoms with Gasteiger partial charge in [0.15, 0.2) is 0 Å². The van der Waals surface area contributed by atoms with Gasteiger partial charge in [-0.3, -0.25) is 9.59 Å². The van der Waals surface area contributed by atoms with Crippen molar-refractivity contribution >= 4 is 17.5 Å². The topological polar surface area (TPSA) is 49.4 Å². The number of nitrogens with zero attached hydrogens (tertiary/aromatic N) is 1. The van der Waals surface area contributed by atoms with Gasteiger partial charge in [-0.2, -0.15) is 13.2 Å². The summed E-state index contributed by atoms with van der Waals surface area (Å²) >= 11 is 0. The molecule has 0 aliphatic rings. The van der Waals surface area contributed by atoms with E-state index >= 15 is 0 Å². The molecule has 0 unspecified atom stereocenters. The van der Waals surface area contributed by atoms with Crippen molar-refractivity contribution in [1.29, 1.82) is 0 Å². The molecule has 0 heterocycles. The maximum Gasteiger partial charge on any atom is 0.416 e. The Morgan fingerprint density at radius 2 is 1.61 bits per heavy atom. The Morgan fingerprint density at radius 1 is 1.09 bits per heavy atom. The molecule has 0 aliphatic heterocycles. The lowest BCUT2D eigenvalue weighted by atomic mass is 10.1. The van der Waals surface area contributed by atoms with E-state index in [9.17, 15) is 22.8 Å². The molecule has 0 radical (unpaired) electrons. The first kappa shape index (κ1) is 19.0. The Labute approximate surface area is 133 Å². The lowest BCUT2D eigenvalue weighted by molar-refractivity contribution is -0.137. The number of amides is 2. The van der Waals surface area contributed by atoms with E-state index in [1.165, 1.54) is 19.1 Å². The van der Waals surface area contributed by atoms with E-state index < -0.39 is 17.3 Å². The second-order valence-electron chi connectivity index (χ2n) is 6.21. The largest absolute Gasteiger partial charge is 0.416 e. The van der Waals surface area contributed by atoms with Gasteiger partial charge >= 0.3 is 6.18 Å². The summed E-state index contributed by atoms with van der Waals surface area (Å²) in [5.74, 6) is -0.500. The lowest BCUT2D eigenvalue weighted by Gasteiger charge is -2.34. The molecule has 0 spiro atoms. The van der Waals surface area contributed by atoms with E-state index in [1.54, 1.807) is 4.90 Å². The van der Waals surface area contributed by atoms with Crippen molar-refractivity contribution in [3.63, 3.8) is 0 Å². The summed E-state index contributed by atoms with van der Waals surface area (Å²) in [7, 11) is 0. The number of rotatable bonds is 4. The number of carbonyl (C=O) groups is 2. The SMILES string of the molecule is CC(=O)N(CCC(=O)Nc1ccc(C(F)(F)F)cc1)C(C)(C)C. The van der Waals surface area contributed by atoms with Crippen LogP contribution in [0.3, 0.4) is 0 Å². The van der Waals surface area contributed by atoms with Crippen LogP contribution in [0.1, 0.15) is 39.7 Å². The summed E-state index contributed by atoms with van der Waals surface area (Å²) in [5.41, 5.74) is -0.889. The molecule has 128 valence electrons. The van der Waals surface area contributed by atoms with Crippen LogP contribution in [-0.2, 0) is 15.8 Å². The number of halogens is 3. The quantitative estimate of drug-likeness (QED) is 0.915. The van der Waals surface area contributed by atoms with Gasteiger partial charge in [0.2, 0.25) is 11.8 Å². The average molecular weight is 330 g/mol. The van der Waals surface area contributed by atoms with Gasteiger partial charge in [0.1, 0.15) is 0 Å². The second-order valence-corrected chi connectivity index (χ2v) is 6.21. The smallest absolute Gasteiger partial charge is 0.338 e. The van der Waals surface area contributed by atoms with Crippen molar-refractivity contribution in [2.75, 3.05) is 11.9 Å². The molecule has 0 saturated heterocycles. The number of benzene rings is 1. The van der Waals surface area contributed by atoms with E-state index in [0.29, 0.717) is 0 Å². The Balaban J connectivity index is 2.62. The molecule has 0 fully saturated rings. The number of carbonyl (C=O) groups excluding carboxylic acids is 2. The average Bonchev–Trinajstić information content (AvgIpc) is 2.36. The van der Waals surface area contributed by atoms with Crippen LogP contribution in [0.15, 0.2) is 24.3 Å². The van der Waals surface area contributed by atoms with Gasteiger partial charge in [0.05, 0.1) is 5.56 Å². The third kappa shape index (κ3) is 5.92. The molecule has 2 amide bonds. The number of nitrogens with one attached hydrogen (secondary N) is 1. The monoisotopic (exact) mass is 330 g/mol. The zero-order valence-corrected chi connectivity index (χ0v) is 13.6. The second kappa shape index (κ2) is 7.02. The Kier molecular flexibility index (Phi) is 5.80. The zero-order valence-electron chi connectivity index (χ0n) is 13.6. The van der Waals surface area contributed by atoms with E-state index in [2.05, 4.69) is 5.32 Å². The number of alkyl halides is 3. The van der Waals surface area contributed by atoms with E-state index in [-0.39, 0.29) is 30.5 Å². The normalized spacial score (nSPS) is 12.0. The highest BCUT2D eigenvalue weighted by atomic mass is 19.4. The number of hydrogen-bond acceptors (Lipinski definition) is 2. The van der Waals surface area contributed by atoms with Crippen LogP contribution in [0.5, 0.6) is 0 Å². The van der Waals surface area contributed by atoms with Gasteiger partial charge in [-0.05, 0) is 45.0 Å². The third-order valence-corrected chi connectivity index (χ3v) is 3.25. The highest BCUT2D eigenvalue weighted by Gasteiger charge is 2.30. The summed E-state index contributed by atoms with van der Waals surface area (Å²) in [5, 5.41) is 2.52. The first-order chi connectivity index (χ1) is 10.4. The zero-order chi connectivity index (χ0) is 17.8. The Bertz CT molecular complexity index is 560. The maximum absolute atomic E-state index is 12.5. The van der Waals surface area contributed by atoms with Crippen LogP contribution in [-0.4, -0.2) is 28.8 Å². The van der Waals surface area contributed by atoms with E-state index in [0.717, 1.165) is 12.1 Å². The molecule has 0 aliphatic carbocycles. The van der Waals surface area contributed by atoms with Crippen molar-refractivity contribution in [2.24, 2.45) is 0 Å². The van der Waals surface area contributed by atoms with Gasteiger partial charge in [-0.1, -0.05) is 0 Å². The highest BCUT2D eigenvalue weighted by Crippen LogP contribution is 2.29. The fraction of sp³-hybridized carbons (Fsp3) is 0.500. The molecule has 0 saturated carbocycles. The standard InChI is InChI=1S/C16H21F3N2O2/c1-11(22)21(15(2,3)4)10-9-14(23)20-13-7-5-12(6-8-13)16(17,18)19/h5-8H,9-10H2,1-4H3,(H,20,23). The molecule has 7 heteroatoms. The fourth-order valence-electron chi connectivity index (χ4n) is 2.14. The van der Waals surface area contributed by atoms with Crippen LogP contribution in [0.2, 0.25) is 0 Å². The molecule has 1 N–H and O–H groups in total. The Morgan fingerprint density at radius 3 is 2.00 bits per heavy atom. The summed E-state index contributed by atoms with van der Waals surface area (Å²) in [4.78, 5) is 25.0. The van der Waals surface area contributed by atoms with Crippen molar-refractivity contribution in [3.05, 3.63) is 29.8 Å². The molecular formula is C16H21F3N2O2. The highest BCUT2D eigenvalue weighted by molar-refractivity contribution is 5.91. The predicted octanol–water partition coefficient (Wildman–Crippen LogP) is 3.68. The minimum Gasteiger partial charge on any atom is -0.338 e. The molecular weight excluding hydrogens is 309 g/mol. The van der Waals surface area contributed by atoms with E-state index in [4.69, 9.17) is 0 Å². The first-order valence-electron chi connectivity index (χ1n) is 7.16. The molecule has 1 aromatic rings. The van der Waals surface area contributed by atoms with Crippen molar-refractivity contribution in [2.45, 2.75) is 45.8 Å². The van der Waals surface area contributed by atoms with Crippen LogP contribution in [0.4, 0.5) is 18.9 Å². The van der Waals surface area contributed by atoms with Gasteiger partial charge in [0, 0.05) is 31.1 Å². The minimum absolute atomic E-state index is 0.0673. The maximum atomic E-state index is 12.5. The first-order valence-corrected chi connectivity index (χ1v) is 7.16. The third-order valence-electron chi connectivity index (χ3n) is 3.25. The molecule has 4 nitrogen and oxygen atoms in total. The Hall–Kier alpha value is -2.05.